The van der Waals surface area contributed by atoms with Crippen molar-refractivity contribution in [2.75, 3.05) is 4.90 Å². The zero-order valence-electron chi connectivity index (χ0n) is 37.9. The van der Waals surface area contributed by atoms with E-state index in [1.165, 1.54) is 109 Å². The van der Waals surface area contributed by atoms with Gasteiger partial charge >= 0.3 is 0 Å². The van der Waals surface area contributed by atoms with E-state index in [2.05, 4.69) is 278 Å². The van der Waals surface area contributed by atoms with Crippen LogP contribution < -0.4 is 4.90 Å². The fraction of sp³-hybridized carbons (Fsp3) is 0. The molecule has 0 fully saturated rings. The molecule has 0 atom stereocenters. The van der Waals surface area contributed by atoms with E-state index in [1.54, 1.807) is 0 Å². The predicted molar refractivity (Wildman–Crippen MR) is 296 cm³/mol. The van der Waals surface area contributed by atoms with Gasteiger partial charge in [-0.15, -0.1) is 0 Å². The van der Waals surface area contributed by atoms with Crippen molar-refractivity contribution in [3.63, 3.8) is 0 Å². The number of hydrogen-bond acceptors (Lipinski definition) is 1. The second-order valence-electron chi connectivity index (χ2n) is 18.0. The van der Waals surface area contributed by atoms with Crippen LogP contribution in [-0.4, -0.2) is 0 Å². The van der Waals surface area contributed by atoms with Crippen LogP contribution in [0.1, 0.15) is 0 Å². The average molecular weight is 876 g/mol. The summed E-state index contributed by atoms with van der Waals surface area (Å²) in [6, 6.07) is 100. The lowest BCUT2D eigenvalue weighted by Crippen LogP contribution is -2.09. The van der Waals surface area contributed by atoms with Crippen LogP contribution in [-0.2, 0) is 0 Å². The summed E-state index contributed by atoms with van der Waals surface area (Å²) in [4.78, 5) is 2.33. The van der Waals surface area contributed by atoms with Crippen LogP contribution >= 0.6 is 0 Å². The molecule has 1 nitrogen and oxygen atoms in total. The Morgan fingerprint density at radius 2 is 0.478 bits per heavy atom. The van der Waals surface area contributed by atoms with E-state index in [-0.39, 0.29) is 0 Å². The van der Waals surface area contributed by atoms with Gasteiger partial charge in [0.05, 0.1) is 0 Å². The Balaban J connectivity index is 1.07. The number of anilines is 3. The maximum Gasteiger partial charge on any atom is 0.0468 e. The molecule has 0 aliphatic heterocycles. The van der Waals surface area contributed by atoms with Gasteiger partial charge in [-0.05, 0) is 170 Å². The largest absolute Gasteiger partial charge is 0.310 e. The number of fused-ring (bicyclic) bond motifs is 5. The fourth-order valence-corrected chi connectivity index (χ4v) is 10.9. The third-order valence-electron chi connectivity index (χ3n) is 13.9. The maximum absolute atomic E-state index is 2.46. The highest BCUT2D eigenvalue weighted by molar-refractivity contribution is 6.24. The van der Waals surface area contributed by atoms with Gasteiger partial charge in [0.2, 0.25) is 0 Å². The molecule has 0 bridgehead atoms. The van der Waals surface area contributed by atoms with Crippen LogP contribution in [0.4, 0.5) is 17.1 Å². The van der Waals surface area contributed by atoms with Crippen LogP contribution in [0.15, 0.2) is 273 Å². The number of hydrogen-bond donors (Lipinski definition) is 0. The third-order valence-corrected chi connectivity index (χ3v) is 13.9. The molecule has 13 aromatic rings. The molecule has 0 spiro atoms. The molecule has 0 saturated heterocycles. The minimum Gasteiger partial charge on any atom is -0.310 e. The topological polar surface area (TPSA) is 3.24 Å². The van der Waals surface area contributed by atoms with E-state index in [4.69, 9.17) is 0 Å². The number of rotatable bonds is 8. The van der Waals surface area contributed by atoms with E-state index in [9.17, 15) is 0 Å². The van der Waals surface area contributed by atoms with Gasteiger partial charge in [-0.25, -0.2) is 0 Å². The molecule has 322 valence electrons. The summed E-state index contributed by atoms with van der Waals surface area (Å²) in [5.74, 6) is 0. The second kappa shape index (κ2) is 17.0. The quantitative estimate of drug-likeness (QED) is 0.138. The molecular weight excluding hydrogens is 831 g/mol. The summed E-state index contributed by atoms with van der Waals surface area (Å²) in [6.45, 7) is 0. The van der Waals surface area contributed by atoms with Crippen molar-refractivity contribution in [1.82, 2.24) is 0 Å². The average Bonchev–Trinajstić information content (AvgIpc) is 3.42. The Morgan fingerprint density at radius 1 is 0.174 bits per heavy atom. The Kier molecular flexibility index (Phi) is 9.91. The summed E-state index contributed by atoms with van der Waals surface area (Å²) in [5.41, 5.74) is 15.5. The third kappa shape index (κ3) is 7.03. The minimum atomic E-state index is 1.12. The lowest BCUT2D eigenvalue weighted by atomic mass is 9.82. The lowest BCUT2D eigenvalue weighted by Gasteiger charge is -2.25. The van der Waals surface area contributed by atoms with Crippen molar-refractivity contribution in [3.8, 4) is 55.6 Å². The molecule has 0 amide bonds. The Hall–Kier alpha value is -9.04. The first-order valence-corrected chi connectivity index (χ1v) is 23.8. The molecule has 0 N–H and O–H groups in total. The summed E-state index contributed by atoms with van der Waals surface area (Å²) >= 11 is 0. The van der Waals surface area contributed by atoms with Gasteiger partial charge in [0.15, 0.2) is 0 Å². The van der Waals surface area contributed by atoms with E-state index < -0.39 is 0 Å². The number of benzene rings is 13. The van der Waals surface area contributed by atoms with Crippen molar-refractivity contribution in [1.29, 1.82) is 0 Å². The second-order valence-corrected chi connectivity index (χ2v) is 18.0. The highest BCUT2D eigenvalue weighted by Crippen LogP contribution is 2.49. The Labute approximate surface area is 402 Å². The molecule has 0 aliphatic rings. The highest BCUT2D eigenvalue weighted by Gasteiger charge is 2.21. The monoisotopic (exact) mass is 875 g/mol. The first-order chi connectivity index (χ1) is 34.2. The van der Waals surface area contributed by atoms with E-state index >= 15 is 0 Å². The minimum absolute atomic E-state index is 1.12. The summed E-state index contributed by atoms with van der Waals surface area (Å²) < 4.78 is 0. The van der Waals surface area contributed by atoms with E-state index in [0.717, 1.165) is 17.1 Å². The highest BCUT2D eigenvalue weighted by atomic mass is 15.1. The smallest absolute Gasteiger partial charge is 0.0468 e. The first-order valence-electron chi connectivity index (χ1n) is 23.8. The van der Waals surface area contributed by atoms with Crippen LogP contribution in [0.25, 0.3) is 109 Å². The number of nitrogens with zero attached hydrogens (tertiary/aromatic N) is 1. The van der Waals surface area contributed by atoms with Gasteiger partial charge in [0.25, 0.3) is 0 Å². The maximum atomic E-state index is 2.46. The molecule has 0 heterocycles. The summed E-state index contributed by atoms with van der Waals surface area (Å²) in [6.07, 6.45) is 0. The van der Waals surface area contributed by atoms with Crippen LogP contribution in [0.5, 0.6) is 0 Å². The van der Waals surface area contributed by atoms with E-state index in [1.807, 2.05) is 0 Å². The first kappa shape index (κ1) is 40.3. The molecule has 13 aromatic carbocycles. The molecule has 0 radical (unpaired) electrons. The molecule has 0 saturated carbocycles. The van der Waals surface area contributed by atoms with Crippen LogP contribution in [0.3, 0.4) is 0 Å². The summed E-state index contributed by atoms with van der Waals surface area (Å²) in [5, 5.41) is 12.3. The van der Waals surface area contributed by atoms with Gasteiger partial charge in [0.1, 0.15) is 0 Å². The molecule has 69 heavy (non-hydrogen) atoms. The van der Waals surface area contributed by atoms with Crippen molar-refractivity contribution in [2.45, 2.75) is 0 Å². The normalized spacial score (nSPS) is 11.5. The van der Waals surface area contributed by atoms with Gasteiger partial charge in [-0.2, -0.15) is 0 Å². The molecule has 13 rings (SSSR count). The summed E-state index contributed by atoms with van der Waals surface area (Å²) in [7, 11) is 0. The SMILES string of the molecule is c1ccc(-c2c3ccccc3c(-c3cc(-c4ccc5cc(N(c6ccccc6)c6ccccc6)ccc5c4)cc(-c4c5ccccc5c(-c5ccccc5)c5ccccc45)c3)c3ccccc23)cc1. The van der Waals surface area contributed by atoms with Crippen molar-refractivity contribution >= 4 is 70.9 Å². The standard InChI is InChI=1S/C68H45N/c1-5-21-46(22-6-1)65-57-29-13-17-33-61(57)67(62-34-18-14-30-58(62)65)52-42-51(49-37-38-50-45-56(40-39-48(50)41-49)69(54-25-9-3-10-26-54)55-27-11-4-12-28-55)43-53(44-52)68-63-35-19-15-31-59(63)66(47-23-7-2-8-24-47)60-32-16-20-36-64(60)68/h1-45H. The van der Waals surface area contributed by atoms with Crippen molar-refractivity contribution in [3.05, 3.63) is 273 Å². The molecule has 1 heteroatoms. The Bertz CT molecular complexity index is 3710. The zero-order valence-corrected chi connectivity index (χ0v) is 37.9. The molecule has 0 aliphatic carbocycles. The Morgan fingerprint density at radius 3 is 0.870 bits per heavy atom. The zero-order chi connectivity index (χ0) is 45.7. The lowest BCUT2D eigenvalue weighted by molar-refractivity contribution is 1.29. The van der Waals surface area contributed by atoms with Crippen LogP contribution in [0, 0.1) is 0 Å². The molecule has 0 aromatic heterocycles. The van der Waals surface area contributed by atoms with Gasteiger partial charge in [-0.1, -0.05) is 212 Å². The van der Waals surface area contributed by atoms with Gasteiger partial charge < -0.3 is 4.90 Å². The molecule has 0 unspecified atom stereocenters. The predicted octanol–water partition coefficient (Wildman–Crippen LogP) is 19.3. The van der Waals surface area contributed by atoms with E-state index in [0.29, 0.717) is 0 Å². The fourth-order valence-electron chi connectivity index (χ4n) is 10.9. The van der Waals surface area contributed by atoms with Gasteiger partial charge in [-0.3, -0.25) is 0 Å². The van der Waals surface area contributed by atoms with Crippen molar-refractivity contribution < 1.29 is 0 Å². The number of para-hydroxylation sites is 2. The van der Waals surface area contributed by atoms with Gasteiger partial charge in [0, 0.05) is 17.1 Å². The van der Waals surface area contributed by atoms with Crippen LogP contribution in [0.2, 0.25) is 0 Å². The molecular formula is C68H45N. The van der Waals surface area contributed by atoms with Crippen molar-refractivity contribution in [2.24, 2.45) is 0 Å².